The number of aromatic amines is 1. The Hall–Kier alpha value is -1.82. The molecule has 2 N–H and O–H groups in total. The summed E-state index contributed by atoms with van der Waals surface area (Å²) in [5, 5.41) is 8.92. The van der Waals surface area contributed by atoms with Crippen LogP contribution in [0.25, 0.3) is 0 Å². The third-order valence-electron chi connectivity index (χ3n) is 4.93. The first-order valence-corrected chi connectivity index (χ1v) is 8.47. The van der Waals surface area contributed by atoms with Crippen molar-refractivity contribution in [3.63, 3.8) is 0 Å². The molecule has 1 aromatic heterocycles. The van der Waals surface area contributed by atoms with E-state index in [1.54, 1.807) is 4.90 Å². The fourth-order valence-corrected chi connectivity index (χ4v) is 3.37. The molecule has 23 heavy (non-hydrogen) atoms. The van der Waals surface area contributed by atoms with E-state index in [0.29, 0.717) is 31.5 Å². The van der Waals surface area contributed by atoms with E-state index in [1.807, 2.05) is 6.07 Å². The molecule has 3 aliphatic rings. The predicted molar refractivity (Wildman–Crippen MR) is 82.6 cm³/mol. The van der Waals surface area contributed by atoms with Crippen LogP contribution in [0.2, 0.25) is 0 Å². The first-order valence-electron chi connectivity index (χ1n) is 8.47. The van der Waals surface area contributed by atoms with Crippen molar-refractivity contribution in [2.24, 2.45) is 0 Å². The van der Waals surface area contributed by atoms with Crippen molar-refractivity contribution >= 4 is 11.9 Å². The van der Waals surface area contributed by atoms with Gasteiger partial charge < -0.3 is 19.7 Å². The Bertz CT molecular complexity index is 631. The number of aromatic nitrogens is 1. The standard InChI is InChI=1S/C17H22N2O4/c20-15(21)7-12-9-19(5-6-23-12)17(22)13-8-14(10-1-2-10)18-16(13)11-3-4-11/h8,10-12,18H,1-7,9H2,(H,20,21). The lowest BCUT2D eigenvalue weighted by Crippen LogP contribution is -2.46. The highest BCUT2D eigenvalue weighted by atomic mass is 16.5. The van der Waals surface area contributed by atoms with Crippen molar-refractivity contribution in [2.75, 3.05) is 19.7 Å². The van der Waals surface area contributed by atoms with E-state index >= 15 is 0 Å². The van der Waals surface area contributed by atoms with E-state index in [1.165, 1.54) is 18.5 Å². The van der Waals surface area contributed by atoms with Crippen LogP contribution in [0.5, 0.6) is 0 Å². The van der Waals surface area contributed by atoms with Gasteiger partial charge in [0.25, 0.3) is 5.91 Å². The van der Waals surface area contributed by atoms with Crippen molar-refractivity contribution < 1.29 is 19.4 Å². The number of aliphatic carboxylic acids is 1. The van der Waals surface area contributed by atoms with Gasteiger partial charge in [0.2, 0.25) is 0 Å². The van der Waals surface area contributed by atoms with E-state index in [4.69, 9.17) is 9.84 Å². The van der Waals surface area contributed by atoms with E-state index in [2.05, 4.69) is 4.98 Å². The molecule has 2 heterocycles. The van der Waals surface area contributed by atoms with Gasteiger partial charge >= 0.3 is 5.97 Å². The first kappa shape index (κ1) is 14.8. The number of ether oxygens (including phenoxy) is 1. The summed E-state index contributed by atoms with van der Waals surface area (Å²) in [6.45, 7) is 1.30. The maximum absolute atomic E-state index is 12.9. The molecule has 0 bridgehead atoms. The molecule has 3 fully saturated rings. The molecule has 2 saturated carbocycles. The molecule has 0 spiro atoms. The van der Waals surface area contributed by atoms with Crippen LogP contribution in [0, 0.1) is 0 Å². The van der Waals surface area contributed by atoms with Crippen molar-refractivity contribution in [3.8, 4) is 0 Å². The number of hydrogen-bond acceptors (Lipinski definition) is 3. The van der Waals surface area contributed by atoms with Gasteiger partial charge in [-0.2, -0.15) is 0 Å². The Kier molecular flexibility index (Phi) is 3.64. The summed E-state index contributed by atoms with van der Waals surface area (Å²) in [5.41, 5.74) is 3.09. The van der Waals surface area contributed by atoms with Crippen molar-refractivity contribution in [2.45, 2.75) is 50.0 Å². The number of rotatable bonds is 5. The largest absolute Gasteiger partial charge is 0.481 e. The van der Waals surface area contributed by atoms with Crippen molar-refractivity contribution in [3.05, 3.63) is 23.0 Å². The average Bonchev–Trinajstić information content (AvgIpc) is 3.44. The molecule has 6 nitrogen and oxygen atoms in total. The Morgan fingerprint density at radius 2 is 2.00 bits per heavy atom. The summed E-state index contributed by atoms with van der Waals surface area (Å²) < 4.78 is 5.47. The van der Waals surface area contributed by atoms with E-state index in [0.717, 1.165) is 24.1 Å². The summed E-state index contributed by atoms with van der Waals surface area (Å²) >= 11 is 0. The average molecular weight is 318 g/mol. The van der Waals surface area contributed by atoms with Gasteiger partial charge in [0.05, 0.1) is 24.7 Å². The van der Waals surface area contributed by atoms with Gasteiger partial charge in [-0.1, -0.05) is 0 Å². The predicted octanol–water partition coefficient (Wildman–Crippen LogP) is 2.09. The molecule has 0 radical (unpaired) electrons. The van der Waals surface area contributed by atoms with Crippen molar-refractivity contribution in [1.29, 1.82) is 0 Å². The van der Waals surface area contributed by atoms with Crippen LogP contribution >= 0.6 is 0 Å². The highest BCUT2D eigenvalue weighted by Crippen LogP contribution is 2.45. The smallest absolute Gasteiger partial charge is 0.306 e. The fraction of sp³-hybridized carbons (Fsp3) is 0.647. The number of carboxylic acids is 1. The molecule has 1 aromatic rings. The molecule has 1 amide bonds. The molecule has 1 aliphatic heterocycles. The Labute approximate surface area is 134 Å². The zero-order chi connectivity index (χ0) is 16.0. The highest BCUT2D eigenvalue weighted by Gasteiger charge is 2.36. The number of carboxylic acid groups (broad SMARTS) is 1. The minimum atomic E-state index is -0.888. The quantitative estimate of drug-likeness (QED) is 0.871. The van der Waals surface area contributed by atoms with Crippen LogP contribution in [0.1, 0.15) is 65.7 Å². The number of nitrogens with zero attached hydrogens (tertiary/aromatic N) is 1. The molecule has 1 unspecified atom stereocenters. The molecule has 6 heteroatoms. The Morgan fingerprint density at radius 3 is 2.65 bits per heavy atom. The maximum atomic E-state index is 12.9. The highest BCUT2D eigenvalue weighted by molar-refractivity contribution is 5.96. The second-order valence-corrected chi connectivity index (χ2v) is 6.94. The van der Waals surface area contributed by atoms with Crippen LogP contribution in [0.15, 0.2) is 6.07 Å². The topological polar surface area (TPSA) is 82.6 Å². The van der Waals surface area contributed by atoms with Gasteiger partial charge in [-0.25, -0.2) is 0 Å². The molecule has 4 rings (SSSR count). The number of hydrogen-bond donors (Lipinski definition) is 2. The lowest BCUT2D eigenvalue weighted by Gasteiger charge is -2.32. The second kappa shape index (κ2) is 5.67. The molecule has 1 saturated heterocycles. The van der Waals surface area contributed by atoms with E-state index in [-0.39, 0.29) is 12.3 Å². The molecule has 124 valence electrons. The molecule has 2 aliphatic carbocycles. The normalized spacial score (nSPS) is 24.7. The van der Waals surface area contributed by atoms with Crippen LogP contribution in [0.3, 0.4) is 0 Å². The lowest BCUT2D eigenvalue weighted by atomic mass is 10.1. The summed E-state index contributed by atoms with van der Waals surface area (Å²) in [6, 6.07) is 2.04. The minimum Gasteiger partial charge on any atom is -0.481 e. The molecule has 1 atom stereocenters. The monoisotopic (exact) mass is 318 g/mol. The number of morpholine rings is 1. The number of amides is 1. The van der Waals surface area contributed by atoms with Crippen LogP contribution < -0.4 is 0 Å². The minimum absolute atomic E-state index is 0.0220. The van der Waals surface area contributed by atoms with Gasteiger partial charge in [0.1, 0.15) is 0 Å². The SMILES string of the molecule is O=C(O)CC1CN(C(=O)c2cc(C3CC3)[nH]c2C2CC2)CCO1. The van der Waals surface area contributed by atoms with Gasteiger partial charge in [-0.15, -0.1) is 0 Å². The molecular weight excluding hydrogens is 296 g/mol. The van der Waals surface area contributed by atoms with E-state index in [9.17, 15) is 9.59 Å². The summed E-state index contributed by atoms with van der Waals surface area (Å²) in [4.78, 5) is 29.1. The maximum Gasteiger partial charge on any atom is 0.306 e. The van der Waals surface area contributed by atoms with Crippen LogP contribution in [0.4, 0.5) is 0 Å². The fourth-order valence-electron chi connectivity index (χ4n) is 3.37. The number of H-pyrrole nitrogens is 1. The summed E-state index contributed by atoms with van der Waals surface area (Å²) in [6.07, 6.45) is 4.24. The zero-order valence-corrected chi connectivity index (χ0v) is 13.1. The third kappa shape index (κ3) is 3.13. The first-order chi connectivity index (χ1) is 11.1. The number of carbonyl (C=O) groups is 2. The summed E-state index contributed by atoms with van der Waals surface area (Å²) in [5.74, 6) is 0.227. The number of carbonyl (C=O) groups excluding carboxylic acids is 1. The Morgan fingerprint density at radius 1 is 1.26 bits per heavy atom. The Balaban J connectivity index is 1.52. The van der Waals surface area contributed by atoms with Crippen LogP contribution in [-0.2, 0) is 9.53 Å². The molecule has 0 aromatic carbocycles. The van der Waals surface area contributed by atoms with Gasteiger partial charge in [0.15, 0.2) is 0 Å². The van der Waals surface area contributed by atoms with Gasteiger partial charge in [-0.05, 0) is 43.6 Å². The van der Waals surface area contributed by atoms with E-state index < -0.39 is 12.1 Å². The van der Waals surface area contributed by atoms with Gasteiger partial charge in [0, 0.05) is 24.5 Å². The van der Waals surface area contributed by atoms with Crippen molar-refractivity contribution in [1.82, 2.24) is 9.88 Å². The number of nitrogens with one attached hydrogen (secondary N) is 1. The third-order valence-corrected chi connectivity index (χ3v) is 4.93. The summed E-state index contributed by atoms with van der Waals surface area (Å²) in [7, 11) is 0. The van der Waals surface area contributed by atoms with Crippen LogP contribution in [-0.4, -0.2) is 52.7 Å². The molecular formula is C17H22N2O4. The van der Waals surface area contributed by atoms with Gasteiger partial charge in [-0.3, -0.25) is 9.59 Å². The lowest BCUT2D eigenvalue weighted by molar-refractivity contribution is -0.141. The zero-order valence-electron chi connectivity index (χ0n) is 13.1. The second-order valence-electron chi connectivity index (χ2n) is 6.94.